The Hall–Kier alpha value is -4.33. The van der Waals surface area contributed by atoms with Gasteiger partial charge in [0.25, 0.3) is 5.91 Å². The van der Waals surface area contributed by atoms with Gasteiger partial charge >= 0.3 is 6.03 Å². The molecule has 3 amide bonds. The molecule has 0 bridgehead atoms. The van der Waals surface area contributed by atoms with Crippen LogP contribution in [0.4, 0.5) is 27.5 Å². The van der Waals surface area contributed by atoms with Crippen molar-refractivity contribution in [2.75, 3.05) is 20.8 Å². The Balaban J connectivity index is 1.61. The van der Waals surface area contributed by atoms with Crippen LogP contribution in [0.25, 0.3) is 6.08 Å². The Bertz CT molecular complexity index is 1580. The largest absolute Gasteiger partial charge is 0.330 e. The summed E-state index contributed by atoms with van der Waals surface area (Å²) < 4.78 is 25.6. The van der Waals surface area contributed by atoms with Crippen molar-refractivity contribution < 1.29 is 18.0 Å². The molecule has 2 N–H and O–H groups in total. The lowest BCUT2D eigenvalue weighted by Gasteiger charge is -2.43. The molecule has 2 aliphatic rings. The Labute approximate surface area is 212 Å². The number of nitrogens with one attached hydrogen (secondary N) is 2. The fraction of sp³-hybridized carbons (Fsp3) is 0.0800. The first-order chi connectivity index (χ1) is 17.1. The van der Waals surface area contributed by atoms with Gasteiger partial charge in [-0.1, -0.05) is 17.7 Å². The molecule has 1 saturated heterocycles. The van der Waals surface area contributed by atoms with Crippen molar-refractivity contribution in [1.29, 1.82) is 5.26 Å². The van der Waals surface area contributed by atoms with Crippen molar-refractivity contribution in [3.8, 4) is 6.07 Å². The van der Waals surface area contributed by atoms with Gasteiger partial charge in [-0.2, -0.15) is 5.26 Å². The highest BCUT2D eigenvalue weighted by Gasteiger charge is 2.43. The van der Waals surface area contributed by atoms with Crippen molar-refractivity contribution >= 4 is 62.4 Å². The van der Waals surface area contributed by atoms with Gasteiger partial charge in [0.2, 0.25) is 10.0 Å². The van der Waals surface area contributed by atoms with Gasteiger partial charge in [0.05, 0.1) is 34.8 Å². The van der Waals surface area contributed by atoms with Gasteiger partial charge in [-0.05, 0) is 72.3 Å². The second kappa shape index (κ2) is 8.71. The van der Waals surface area contributed by atoms with Crippen LogP contribution in [-0.2, 0) is 14.8 Å². The highest BCUT2D eigenvalue weighted by Crippen LogP contribution is 2.41. The minimum Gasteiger partial charge on any atom is -0.316 e. The molecule has 0 spiro atoms. The molecule has 11 heteroatoms. The molecule has 0 aromatic heterocycles. The summed E-state index contributed by atoms with van der Waals surface area (Å²) in [7, 11) is -3.47. The molecule has 0 aliphatic carbocycles. The predicted molar refractivity (Wildman–Crippen MR) is 137 cm³/mol. The number of anilines is 4. The minimum absolute atomic E-state index is 0.320. The van der Waals surface area contributed by atoms with Gasteiger partial charge in [-0.3, -0.25) is 9.52 Å². The van der Waals surface area contributed by atoms with E-state index in [0.29, 0.717) is 44.5 Å². The highest BCUT2D eigenvalue weighted by molar-refractivity contribution is 7.92. The summed E-state index contributed by atoms with van der Waals surface area (Å²) in [6.45, 7) is 0. The Morgan fingerprint density at radius 1 is 1.00 bits per heavy atom. The number of urea groups is 1. The van der Waals surface area contributed by atoms with Gasteiger partial charge in [-0.25, -0.2) is 18.1 Å². The number of sulfonamides is 1. The number of benzene rings is 3. The number of amides is 3. The van der Waals surface area contributed by atoms with E-state index >= 15 is 0 Å². The number of carbonyl (C=O) groups excluding carboxylic acids is 2. The molecule has 2 aliphatic heterocycles. The number of nitrogens with zero attached hydrogens (tertiary/aromatic N) is 3. The molecule has 3 aromatic rings. The summed E-state index contributed by atoms with van der Waals surface area (Å²) in [4.78, 5) is 29.5. The van der Waals surface area contributed by atoms with E-state index in [1.54, 1.807) is 77.7 Å². The molecule has 1 fully saturated rings. The molecule has 0 radical (unpaired) electrons. The van der Waals surface area contributed by atoms with Gasteiger partial charge in [0.15, 0.2) is 0 Å². The van der Waals surface area contributed by atoms with Crippen LogP contribution in [0, 0.1) is 11.3 Å². The maximum Gasteiger partial charge on any atom is 0.330 e. The topological polar surface area (TPSA) is 123 Å². The Morgan fingerprint density at radius 2 is 1.67 bits per heavy atom. The number of fused-ring (bicyclic) bond motifs is 2. The molecule has 9 nitrogen and oxygen atoms in total. The molecule has 3 aromatic carbocycles. The molecule has 180 valence electrons. The van der Waals surface area contributed by atoms with Crippen molar-refractivity contribution in [2.24, 2.45) is 0 Å². The van der Waals surface area contributed by atoms with Crippen molar-refractivity contribution in [3.05, 3.63) is 88.5 Å². The van der Waals surface area contributed by atoms with Crippen LogP contribution in [0.2, 0.25) is 5.02 Å². The lowest BCUT2D eigenvalue weighted by molar-refractivity contribution is -0.115. The number of imide groups is 1. The zero-order valence-corrected chi connectivity index (χ0v) is 20.3. The highest BCUT2D eigenvalue weighted by atomic mass is 35.5. The summed E-state index contributed by atoms with van der Waals surface area (Å²) in [6, 6.07) is 19.4. The summed E-state index contributed by atoms with van der Waals surface area (Å²) >= 11 is 5.97. The van der Waals surface area contributed by atoms with Gasteiger partial charge in [-0.15, -0.1) is 0 Å². The number of hydrogen-bond donors (Lipinski definition) is 2. The average Bonchev–Trinajstić information content (AvgIpc) is 2.83. The van der Waals surface area contributed by atoms with Gasteiger partial charge in [0.1, 0.15) is 6.17 Å². The van der Waals surface area contributed by atoms with E-state index in [9.17, 15) is 23.3 Å². The second-order valence-electron chi connectivity index (χ2n) is 8.25. The molecular weight excluding hydrogens is 502 g/mol. The fourth-order valence-electron chi connectivity index (χ4n) is 4.21. The van der Waals surface area contributed by atoms with E-state index in [1.807, 2.05) is 0 Å². The quantitative estimate of drug-likeness (QED) is 0.532. The number of halogens is 1. The SMILES string of the molecule is CS(=O)(=O)Nc1ccc(N2c3cc(C#N)ccc3C=C3C(=O)N(c4ccc(Cl)cc4)C(=O)NC32)cc1. The molecule has 36 heavy (non-hydrogen) atoms. The number of rotatable bonds is 4. The predicted octanol–water partition coefficient (Wildman–Crippen LogP) is 4.20. The van der Waals surface area contributed by atoms with Gasteiger partial charge in [0, 0.05) is 16.4 Å². The Morgan fingerprint density at radius 3 is 2.31 bits per heavy atom. The minimum atomic E-state index is -3.47. The van der Waals surface area contributed by atoms with Crippen LogP contribution in [0.15, 0.2) is 72.3 Å². The first-order valence-corrected chi connectivity index (χ1v) is 12.9. The average molecular weight is 520 g/mol. The van der Waals surface area contributed by atoms with E-state index in [1.165, 1.54) is 0 Å². The summed E-state index contributed by atoms with van der Waals surface area (Å²) in [5.41, 5.74) is 3.32. The lowest BCUT2D eigenvalue weighted by Crippen LogP contribution is -2.62. The molecule has 0 saturated carbocycles. The zero-order valence-electron chi connectivity index (χ0n) is 18.8. The summed E-state index contributed by atoms with van der Waals surface area (Å²) in [6.07, 6.45) is 1.89. The number of hydrogen-bond acceptors (Lipinski definition) is 6. The van der Waals surface area contributed by atoms with E-state index < -0.39 is 28.1 Å². The Kier molecular flexibility index (Phi) is 5.67. The maximum atomic E-state index is 13.6. The van der Waals surface area contributed by atoms with Crippen LogP contribution in [0.1, 0.15) is 11.1 Å². The molecular formula is C25H18ClN5O4S. The third kappa shape index (κ3) is 4.26. The molecule has 1 unspecified atom stereocenters. The molecule has 1 atom stereocenters. The maximum absolute atomic E-state index is 13.6. The van der Waals surface area contributed by atoms with Crippen molar-refractivity contribution in [3.63, 3.8) is 0 Å². The summed E-state index contributed by atoms with van der Waals surface area (Å²) in [5, 5.41) is 12.8. The van der Waals surface area contributed by atoms with Crippen LogP contribution in [0.3, 0.4) is 0 Å². The number of carbonyl (C=O) groups is 2. The van der Waals surface area contributed by atoms with E-state index in [0.717, 1.165) is 11.2 Å². The van der Waals surface area contributed by atoms with Gasteiger partial charge < -0.3 is 10.2 Å². The monoisotopic (exact) mass is 519 g/mol. The fourth-order valence-corrected chi connectivity index (χ4v) is 4.90. The molecule has 5 rings (SSSR count). The van der Waals surface area contributed by atoms with E-state index in [-0.39, 0.29) is 0 Å². The third-order valence-corrected chi connectivity index (χ3v) is 6.59. The number of nitriles is 1. The molecule has 2 heterocycles. The standard InChI is InChI=1S/C25H18ClN5O4S/c1-36(34,35)29-18-6-10-19(11-7-18)30-22-12-15(14-27)2-3-16(22)13-21-23(30)28-25(33)31(24(21)32)20-8-4-17(26)5-9-20/h2-13,23,29H,1H3,(H,28,33). The summed E-state index contributed by atoms with van der Waals surface area (Å²) in [5.74, 6) is -0.499. The van der Waals surface area contributed by atoms with Crippen LogP contribution >= 0.6 is 11.6 Å². The third-order valence-electron chi connectivity index (χ3n) is 5.73. The first kappa shape index (κ1) is 23.4. The van der Waals surface area contributed by atoms with Crippen molar-refractivity contribution in [1.82, 2.24) is 5.32 Å². The van der Waals surface area contributed by atoms with E-state index in [2.05, 4.69) is 16.1 Å². The van der Waals surface area contributed by atoms with Crippen LogP contribution in [-0.4, -0.2) is 32.8 Å². The van der Waals surface area contributed by atoms with Crippen LogP contribution < -0.4 is 19.8 Å². The first-order valence-electron chi connectivity index (χ1n) is 10.7. The normalized spacial score (nSPS) is 16.9. The smallest absolute Gasteiger partial charge is 0.316 e. The van der Waals surface area contributed by atoms with Crippen molar-refractivity contribution in [2.45, 2.75) is 6.17 Å². The van der Waals surface area contributed by atoms with Crippen LogP contribution in [0.5, 0.6) is 0 Å². The zero-order chi connectivity index (χ0) is 25.6. The lowest BCUT2D eigenvalue weighted by atomic mass is 9.95. The second-order valence-corrected chi connectivity index (χ2v) is 10.4. The van der Waals surface area contributed by atoms with E-state index in [4.69, 9.17) is 11.6 Å².